The zero-order chi connectivity index (χ0) is 23.3. The lowest BCUT2D eigenvalue weighted by Crippen LogP contribution is -2.52. The number of likely N-dealkylation sites (tertiary alicyclic amines) is 1. The molecule has 1 amide bonds. The number of anilines is 3. The Morgan fingerprint density at radius 1 is 1.24 bits per heavy atom. The van der Waals surface area contributed by atoms with E-state index in [4.69, 9.17) is 20.4 Å². The summed E-state index contributed by atoms with van der Waals surface area (Å²) < 4.78 is 5.62. The number of nitrogen functional groups attached to an aromatic ring is 1. The highest BCUT2D eigenvalue weighted by Gasteiger charge is 2.49. The molecule has 0 spiro atoms. The molecule has 2 saturated heterocycles. The largest absolute Gasteiger partial charge is 0.465 e. The number of rotatable bonds is 3. The zero-order valence-corrected chi connectivity index (χ0v) is 19.2. The molecule has 0 radical (unpaired) electrons. The summed E-state index contributed by atoms with van der Waals surface area (Å²) in [6.45, 7) is 10.0. The number of carboxylic acid groups (broad SMARTS) is 1. The molecule has 3 N–H and O–H groups in total. The van der Waals surface area contributed by atoms with Crippen molar-refractivity contribution < 1.29 is 14.6 Å². The maximum atomic E-state index is 11.7. The molecule has 11 nitrogen and oxygen atoms in total. The van der Waals surface area contributed by atoms with Gasteiger partial charge in [-0.05, 0) is 26.2 Å². The molecule has 11 heteroatoms. The van der Waals surface area contributed by atoms with Gasteiger partial charge in [0.05, 0.1) is 30.5 Å². The Balaban J connectivity index is 1.62. The number of carbonyl (C=O) groups is 1. The summed E-state index contributed by atoms with van der Waals surface area (Å²) in [6.07, 6.45) is 3.29. The molecule has 2 fully saturated rings. The van der Waals surface area contributed by atoms with E-state index in [1.165, 1.54) is 4.90 Å². The summed E-state index contributed by atoms with van der Waals surface area (Å²) in [4.78, 5) is 36.0. The van der Waals surface area contributed by atoms with Crippen LogP contribution in [-0.4, -0.2) is 87.0 Å². The van der Waals surface area contributed by atoms with Crippen molar-refractivity contribution in [3.8, 4) is 11.3 Å². The maximum Gasteiger partial charge on any atom is 0.407 e. The van der Waals surface area contributed by atoms with Crippen LogP contribution in [0, 0.1) is 5.92 Å². The lowest BCUT2D eigenvalue weighted by atomic mass is 9.89. The Labute approximate surface area is 192 Å². The Kier molecular flexibility index (Phi) is 5.23. The van der Waals surface area contributed by atoms with Crippen LogP contribution >= 0.6 is 0 Å². The van der Waals surface area contributed by atoms with Crippen LogP contribution in [0.4, 0.5) is 22.5 Å². The summed E-state index contributed by atoms with van der Waals surface area (Å²) in [5, 5.41) is 9.60. The minimum absolute atomic E-state index is 0.144. The fourth-order valence-electron chi connectivity index (χ4n) is 5.22. The third-order valence-electron chi connectivity index (χ3n) is 7.34. The summed E-state index contributed by atoms with van der Waals surface area (Å²) in [7, 11) is 0. The summed E-state index contributed by atoms with van der Waals surface area (Å²) in [5.74, 6) is 1.89. The van der Waals surface area contributed by atoms with Crippen molar-refractivity contribution >= 4 is 23.8 Å². The number of ether oxygens (including phenoxy) is 1. The van der Waals surface area contributed by atoms with Crippen molar-refractivity contribution in [3.63, 3.8) is 0 Å². The first-order valence-corrected chi connectivity index (χ1v) is 11.4. The number of hydrogen-bond acceptors (Lipinski definition) is 9. The van der Waals surface area contributed by atoms with Gasteiger partial charge >= 0.3 is 6.09 Å². The molecule has 3 aliphatic rings. The predicted octanol–water partition coefficient (Wildman–Crippen LogP) is 1.49. The van der Waals surface area contributed by atoms with Crippen molar-refractivity contribution in [1.29, 1.82) is 0 Å². The normalized spacial score (nSPS) is 27.2. The second-order valence-electron chi connectivity index (χ2n) is 9.44. The first-order valence-electron chi connectivity index (χ1n) is 11.4. The van der Waals surface area contributed by atoms with E-state index in [1.807, 2.05) is 0 Å². The highest BCUT2D eigenvalue weighted by molar-refractivity contribution is 5.74. The fourth-order valence-corrected chi connectivity index (χ4v) is 5.22. The molecule has 2 aromatic heterocycles. The van der Waals surface area contributed by atoms with E-state index in [2.05, 4.69) is 40.5 Å². The molecule has 176 valence electrons. The molecule has 5 heterocycles. The van der Waals surface area contributed by atoms with Crippen LogP contribution in [0.25, 0.3) is 11.3 Å². The number of nitrogens with two attached hydrogens (primary N) is 1. The van der Waals surface area contributed by atoms with Crippen LogP contribution in [0.1, 0.15) is 26.3 Å². The Hall–Kier alpha value is -3.21. The van der Waals surface area contributed by atoms with Crippen LogP contribution < -0.4 is 15.5 Å². The Morgan fingerprint density at radius 3 is 2.67 bits per heavy atom. The van der Waals surface area contributed by atoms with E-state index >= 15 is 0 Å². The number of aromatic nitrogens is 4. The lowest BCUT2D eigenvalue weighted by Gasteiger charge is -2.40. The standard InChI is InChI=1S/C22H30N8O3/c1-13-10-28(21(31)32)12-22(13,3)30-5-4-16-17(15-8-24-19(23)25-9-15)26-20(27-18(16)30)29-6-7-33-11-14(29)2/h8-9,13-14H,4-7,10-12H2,1-3H3,(H,31,32)(H2,23,24,25)/t13-,14-,22-/m0/s1. The third-order valence-corrected chi connectivity index (χ3v) is 7.34. The van der Waals surface area contributed by atoms with Gasteiger partial charge < -0.3 is 30.3 Å². The van der Waals surface area contributed by atoms with Gasteiger partial charge in [0.1, 0.15) is 5.82 Å². The van der Waals surface area contributed by atoms with Gasteiger partial charge in [-0.25, -0.2) is 19.7 Å². The van der Waals surface area contributed by atoms with Crippen LogP contribution in [0.2, 0.25) is 0 Å². The van der Waals surface area contributed by atoms with Gasteiger partial charge in [0.2, 0.25) is 11.9 Å². The van der Waals surface area contributed by atoms with E-state index in [0.717, 1.165) is 35.6 Å². The number of morpholine rings is 1. The van der Waals surface area contributed by atoms with E-state index in [1.54, 1.807) is 12.4 Å². The SMILES string of the molecule is C[C@H]1COCCN1c1nc(-c2cnc(N)nc2)c2c(n1)N([C@@]1(C)CN(C(=O)O)C[C@@H]1C)CC2. The summed E-state index contributed by atoms with van der Waals surface area (Å²) in [5.41, 5.74) is 8.00. The van der Waals surface area contributed by atoms with Crippen LogP contribution in [-0.2, 0) is 11.2 Å². The molecule has 3 aliphatic heterocycles. The highest BCUT2D eigenvalue weighted by atomic mass is 16.5. The van der Waals surface area contributed by atoms with Crippen LogP contribution in [0.15, 0.2) is 12.4 Å². The van der Waals surface area contributed by atoms with Crippen LogP contribution in [0.3, 0.4) is 0 Å². The topological polar surface area (TPSA) is 134 Å². The van der Waals surface area contributed by atoms with Gasteiger partial charge in [-0.2, -0.15) is 4.98 Å². The van der Waals surface area contributed by atoms with E-state index in [-0.39, 0.29) is 23.4 Å². The molecule has 33 heavy (non-hydrogen) atoms. The fraction of sp³-hybridized carbons (Fsp3) is 0.591. The quantitative estimate of drug-likeness (QED) is 0.702. The summed E-state index contributed by atoms with van der Waals surface area (Å²) in [6, 6.07) is 0.144. The minimum atomic E-state index is -0.879. The molecular weight excluding hydrogens is 424 g/mol. The van der Waals surface area contributed by atoms with E-state index in [9.17, 15) is 9.90 Å². The highest BCUT2D eigenvalue weighted by Crippen LogP contribution is 2.43. The Bertz CT molecular complexity index is 1060. The predicted molar refractivity (Wildman–Crippen MR) is 123 cm³/mol. The Morgan fingerprint density at radius 2 is 2.00 bits per heavy atom. The number of nitrogens with zero attached hydrogens (tertiary/aromatic N) is 7. The van der Waals surface area contributed by atoms with Crippen molar-refractivity contribution in [2.75, 3.05) is 54.9 Å². The zero-order valence-electron chi connectivity index (χ0n) is 19.2. The second-order valence-corrected chi connectivity index (χ2v) is 9.44. The molecule has 5 rings (SSSR count). The smallest absolute Gasteiger partial charge is 0.407 e. The van der Waals surface area contributed by atoms with Gasteiger partial charge in [0, 0.05) is 49.7 Å². The first kappa shape index (κ1) is 21.6. The molecule has 0 aromatic carbocycles. The lowest BCUT2D eigenvalue weighted by molar-refractivity contribution is 0.0981. The second kappa shape index (κ2) is 7.98. The average molecular weight is 455 g/mol. The molecule has 0 saturated carbocycles. The molecular formula is C22H30N8O3. The first-order chi connectivity index (χ1) is 15.8. The van der Waals surface area contributed by atoms with E-state index < -0.39 is 6.09 Å². The third kappa shape index (κ3) is 3.60. The monoisotopic (exact) mass is 454 g/mol. The van der Waals surface area contributed by atoms with Gasteiger partial charge in [0.15, 0.2) is 0 Å². The molecule has 0 aliphatic carbocycles. The maximum absolute atomic E-state index is 11.7. The summed E-state index contributed by atoms with van der Waals surface area (Å²) >= 11 is 0. The van der Waals surface area contributed by atoms with Gasteiger partial charge in [-0.1, -0.05) is 6.92 Å². The van der Waals surface area contributed by atoms with E-state index in [0.29, 0.717) is 38.8 Å². The molecule has 0 bridgehead atoms. The molecule has 0 unspecified atom stereocenters. The van der Waals surface area contributed by atoms with Crippen LogP contribution in [0.5, 0.6) is 0 Å². The number of amides is 1. The minimum Gasteiger partial charge on any atom is -0.465 e. The van der Waals surface area contributed by atoms with Crippen molar-refractivity contribution in [2.24, 2.45) is 5.92 Å². The number of fused-ring (bicyclic) bond motifs is 1. The molecule has 3 atom stereocenters. The van der Waals surface area contributed by atoms with Gasteiger partial charge in [0.25, 0.3) is 0 Å². The van der Waals surface area contributed by atoms with Crippen molar-refractivity contribution in [1.82, 2.24) is 24.8 Å². The number of hydrogen-bond donors (Lipinski definition) is 2. The van der Waals surface area contributed by atoms with Gasteiger partial charge in [-0.15, -0.1) is 0 Å². The van der Waals surface area contributed by atoms with Crippen molar-refractivity contribution in [2.45, 2.75) is 38.8 Å². The van der Waals surface area contributed by atoms with Crippen molar-refractivity contribution in [3.05, 3.63) is 18.0 Å². The average Bonchev–Trinajstić information content (AvgIpc) is 3.36. The molecule has 2 aromatic rings. The van der Waals surface area contributed by atoms with Gasteiger partial charge in [-0.3, -0.25) is 0 Å².